The van der Waals surface area contributed by atoms with E-state index >= 15 is 0 Å². The van der Waals surface area contributed by atoms with Crippen molar-refractivity contribution in [3.05, 3.63) is 36.3 Å². The largest absolute Gasteiger partial charge is 0.417 e. The van der Waals surface area contributed by atoms with Gasteiger partial charge < -0.3 is 15.5 Å². The van der Waals surface area contributed by atoms with Gasteiger partial charge >= 0.3 is 6.18 Å². The molecule has 3 rings (SSSR count). The van der Waals surface area contributed by atoms with Crippen LogP contribution in [0.4, 0.5) is 30.6 Å². The number of aromatic nitrogens is 3. The molecule has 6 nitrogen and oxygen atoms in total. The molecule has 9 heteroatoms. The first kappa shape index (κ1) is 17.2. The molecule has 0 saturated carbocycles. The number of nitrogens with one attached hydrogen (secondary N) is 2. The Hall–Kier alpha value is -2.58. The Morgan fingerprint density at radius 2 is 2.04 bits per heavy atom. The minimum absolute atomic E-state index is 0.198. The zero-order valence-electron chi connectivity index (χ0n) is 13.7. The fourth-order valence-electron chi connectivity index (χ4n) is 2.88. The van der Waals surface area contributed by atoms with Crippen LogP contribution in [0.25, 0.3) is 0 Å². The van der Waals surface area contributed by atoms with E-state index in [0.717, 1.165) is 43.3 Å². The summed E-state index contributed by atoms with van der Waals surface area (Å²) in [5.74, 6) is 2.01. The quantitative estimate of drug-likeness (QED) is 0.862. The molecule has 2 aromatic rings. The Labute approximate surface area is 143 Å². The Balaban J connectivity index is 1.64. The summed E-state index contributed by atoms with van der Waals surface area (Å²) in [6.07, 6.45) is 0.00375. The first-order valence-electron chi connectivity index (χ1n) is 8.01. The number of rotatable bonds is 5. The summed E-state index contributed by atoms with van der Waals surface area (Å²) in [5, 5.41) is 6.10. The third kappa shape index (κ3) is 4.09. The van der Waals surface area contributed by atoms with Crippen molar-refractivity contribution in [2.24, 2.45) is 0 Å². The van der Waals surface area contributed by atoms with Crippen molar-refractivity contribution in [3.63, 3.8) is 0 Å². The van der Waals surface area contributed by atoms with E-state index in [0.29, 0.717) is 12.4 Å². The average molecular weight is 352 g/mol. The molecule has 0 radical (unpaired) electrons. The SMILES string of the molecule is CNc1cc(N2CCCC2CNc2ccc(C(F)(F)F)cn2)ncn1. The Kier molecular flexibility index (Phi) is 4.91. The molecule has 2 aromatic heterocycles. The zero-order chi connectivity index (χ0) is 17.9. The molecule has 0 spiro atoms. The van der Waals surface area contributed by atoms with Crippen LogP contribution in [0.3, 0.4) is 0 Å². The number of hydrogen-bond acceptors (Lipinski definition) is 6. The van der Waals surface area contributed by atoms with Gasteiger partial charge in [0, 0.05) is 38.4 Å². The van der Waals surface area contributed by atoms with E-state index in [1.165, 1.54) is 12.4 Å². The summed E-state index contributed by atoms with van der Waals surface area (Å²) in [7, 11) is 1.80. The maximum Gasteiger partial charge on any atom is 0.417 e. The first-order chi connectivity index (χ1) is 12.0. The molecule has 0 bridgehead atoms. The lowest BCUT2D eigenvalue weighted by atomic mass is 10.2. The van der Waals surface area contributed by atoms with Crippen molar-refractivity contribution in [3.8, 4) is 0 Å². The lowest BCUT2D eigenvalue weighted by molar-refractivity contribution is -0.137. The molecular formula is C16H19F3N6. The summed E-state index contributed by atoms with van der Waals surface area (Å²) in [5.41, 5.74) is -0.749. The predicted octanol–water partition coefficient (Wildman–Crippen LogP) is 3.01. The first-order valence-corrected chi connectivity index (χ1v) is 8.01. The fraction of sp³-hybridized carbons (Fsp3) is 0.438. The smallest absolute Gasteiger partial charge is 0.373 e. The van der Waals surface area contributed by atoms with Gasteiger partial charge in [0.15, 0.2) is 0 Å². The number of pyridine rings is 1. The molecule has 1 saturated heterocycles. The molecular weight excluding hydrogens is 333 g/mol. The highest BCUT2D eigenvalue weighted by Crippen LogP contribution is 2.29. The van der Waals surface area contributed by atoms with Gasteiger partial charge in [-0.3, -0.25) is 0 Å². The Bertz CT molecular complexity index is 704. The summed E-state index contributed by atoms with van der Waals surface area (Å²) >= 11 is 0. The number of halogens is 3. The van der Waals surface area contributed by atoms with Crippen molar-refractivity contribution in [2.75, 3.05) is 35.7 Å². The van der Waals surface area contributed by atoms with Gasteiger partial charge in [-0.15, -0.1) is 0 Å². The Morgan fingerprint density at radius 3 is 2.72 bits per heavy atom. The molecule has 0 aromatic carbocycles. The van der Waals surface area contributed by atoms with E-state index in [9.17, 15) is 13.2 Å². The van der Waals surface area contributed by atoms with Crippen LogP contribution in [0.15, 0.2) is 30.7 Å². The summed E-state index contributed by atoms with van der Waals surface area (Å²) in [6.45, 7) is 1.46. The summed E-state index contributed by atoms with van der Waals surface area (Å²) < 4.78 is 37.7. The van der Waals surface area contributed by atoms with Crippen LogP contribution in [-0.2, 0) is 6.18 Å². The van der Waals surface area contributed by atoms with Crippen LogP contribution >= 0.6 is 0 Å². The third-order valence-corrected chi connectivity index (χ3v) is 4.19. The van der Waals surface area contributed by atoms with E-state index < -0.39 is 11.7 Å². The number of hydrogen-bond donors (Lipinski definition) is 2. The lowest BCUT2D eigenvalue weighted by Crippen LogP contribution is -2.35. The van der Waals surface area contributed by atoms with Crippen LogP contribution in [0.2, 0.25) is 0 Å². The van der Waals surface area contributed by atoms with Gasteiger partial charge in [-0.05, 0) is 25.0 Å². The highest BCUT2D eigenvalue weighted by molar-refractivity contribution is 5.50. The van der Waals surface area contributed by atoms with E-state index in [1.807, 2.05) is 6.07 Å². The van der Waals surface area contributed by atoms with Crippen LogP contribution in [-0.4, -0.2) is 41.1 Å². The van der Waals surface area contributed by atoms with Gasteiger partial charge in [0.25, 0.3) is 0 Å². The van der Waals surface area contributed by atoms with Gasteiger partial charge in [-0.2, -0.15) is 13.2 Å². The monoisotopic (exact) mass is 352 g/mol. The molecule has 1 fully saturated rings. The van der Waals surface area contributed by atoms with E-state index in [2.05, 4.69) is 30.5 Å². The van der Waals surface area contributed by atoms with Crippen LogP contribution in [0.5, 0.6) is 0 Å². The fourth-order valence-corrected chi connectivity index (χ4v) is 2.88. The second-order valence-electron chi connectivity index (χ2n) is 5.81. The standard InChI is InChI=1S/C16H19F3N6/c1-20-14-7-15(24-10-23-14)25-6-2-3-12(25)9-22-13-5-4-11(8-21-13)16(17,18)19/h4-5,7-8,10,12H,2-3,6,9H2,1H3,(H,21,22)(H,20,23,24). The Morgan fingerprint density at radius 1 is 1.20 bits per heavy atom. The van der Waals surface area contributed by atoms with E-state index in [4.69, 9.17) is 0 Å². The van der Waals surface area contributed by atoms with Crippen LogP contribution in [0.1, 0.15) is 18.4 Å². The lowest BCUT2D eigenvalue weighted by Gasteiger charge is -2.26. The highest BCUT2D eigenvalue weighted by Gasteiger charge is 2.31. The molecule has 3 heterocycles. The molecule has 1 aliphatic rings. The van der Waals surface area contributed by atoms with Gasteiger partial charge in [0.1, 0.15) is 23.8 Å². The van der Waals surface area contributed by atoms with Crippen molar-refractivity contribution in [1.29, 1.82) is 0 Å². The second-order valence-corrected chi connectivity index (χ2v) is 5.81. The maximum atomic E-state index is 12.6. The normalized spacial score (nSPS) is 17.6. The maximum absolute atomic E-state index is 12.6. The van der Waals surface area contributed by atoms with Crippen LogP contribution < -0.4 is 15.5 Å². The third-order valence-electron chi connectivity index (χ3n) is 4.19. The van der Waals surface area contributed by atoms with Gasteiger partial charge in [0.05, 0.1) is 5.56 Å². The van der Waals surface area contributed by atoms with Crippen molar-refractivity contribution < 1.29 is 13.2 Å². The molecule has 25 heavy (non-hydrogen) atoms. The van der Waals surface area contributed by atoms with Gasteiger partial charge in [0.2, 0.25) is 0 Å². The number of nitrogens with zero attached hydrogens (tertiary/aromatic N) is 4. The second kappa shape index (κ2) is 7.12. The number of anilines is 3. The summed E-state index contributed by atoms with van der Waals surface area (Å²) in [6, 6.07) is 4.47. The molecule has 1 atom stereocenters. The van der Waals surface area contributed by atoms with Crippen molar-refractivity contribution in [1.82, 2.24) is 15.0 Å². The number of alkyl halides is 3. The van der Waals surface area contributed by atoms with Gasteiger partial charge in [-0.1, -0.05) is 0 Å². The minimum atomic E-state index is -4.37. The predicted molar refractivity (Wildman–Crippen MR) is 89.7 cm³/mol. The van der Waals surface area contributed by atoms with E-state index in [1.54, 1.807) is 7.05 Å². The molecule has 1 unspecified atom stereocenters. The highest BCUT2D eigenvalue weighted by atomic mass is 19.4. The zero-order valence-corrected chi connectivity index (χ0v) is 13.7. The molecule has 0 amide bonds. The van der Waals surface area contributed by atoms with Gasteiger partial charge in [-0.25, -0.2) is 15.0 Å². The molecule has 2 N–H and O–H groups in total. The molecule has 0 aliphatic carbocycles. The van der Waals surface area contributed by atoms with Crippen molar-refractivity contribution >= 4 is 17.5 Å². The molecule has 1 aliphatic heterocycles. The van der Waals surface area contributed by atoms with Crippen LogP contribution in [0, 0.1) is 0 Å². The summed E-state index contributed by atoms with van der Waals surface area (Å²) in [4.78, 5) is 14.5. The van der Waals surface area contributed by atoms with E-state index in [-0.39, 0.29) is 6.04 Å². The molecule has 134 valence electrons. The minimum Gasteiger partial charge on any atom is -0.373 e. The topological polar surface area (TPSA) is 66.0 Å². The average Bonchev–Trinajstić information content (AvgIpc) is 3.08. The van der Waals surface area contributed by atoms with Crippen molar-refractivity contribution in [2.45, 2.75) is 25.1 Å².